The first-order chi connectivity index (χ1) is 7.24. The highest BCUT2D eigenvalue weighted by molar-refractivity contribution is 5.84. The quantitative estimate of drug-likeness (QED) is 0.797. The summed E-state index contributed by atoms with van der Waals surface area (Å²) < 4.78 is 2.03. The summed E-state index contributed by atoms with van der Waals surface area (Å²) in [6.45, 7) is 0.504. The predicted molar refractivity (Wildman–Crippen MR) is 61.6 cm³/mol. The Bertz CT molecular complexity index is 462. The highest BCUT2D eigenvalue weighted by Gasteiger charge is 2.13. The van der Waals surface area contributed by atoms with Crippen LogP contribution in [0.25, 0.3) is 10.9 Å². The number of aliphatic hydroxyl groups is 1. The van der Waals surface area contributed by atoms with E-state index in [1.54, 1.807) is 0 Å². The van der Waals surface area contributed by atoms with E-state index in [1.807, 2.05) is 42.1 Å². The van der Waals surface area contributed by atoms with Gasteiger partial charge in [-0.05, 0) is 19.0 Å². The lowest BCUT2D eigenvalue weighted by atomic mass is 10.1. The van der Waals surface area contributed by atoms with Gasteiger partial charge >= 0.3 is 0 Å². The molecule has 0 saturated heterocycles. The lowest BCUT2D eigenvalue weighted by molar-refractivity contribution is 0.171. The Balaban J connectivity index is 2.52. The van der Waals surface area contributed by atoms with E-state index in [4.69, 9.17) is 5.73 Å². The second-order valence-corrected chi connectivity index (χ2v) is 3.81. The molecule has 3 N–H and O–H groups in total. The van der Waals surface area contributed by atoms with E-state index in [2.05, 4.69) is 0 Å². The van der Waals surface area contributed by atoms with Crippen molar-refractivity contribution >= 4 is 10.9 Å². The van der Waals surface area contributed by atoms with Crippen molar-refractivity contribution in [3.63, 3.8) is 0 Å². The number of nitrogens with two attached hydrogens (primary N) is 1. The molecule has 0 saturated carbocycles. The third kappa shape index (κ3) is 1.76. The van der Waals surface area contributed by atoms with Gasteiger partial charge in [0.2, 0.25) is 0 Å². The molecule has 3 heteroatoms. The molecule has 2 rings (SSSR count). The normalized spacial score (nSPS) is 13.3. The summed E-state index contributed by atoms with van der Waals surface area (Å²) in [7, 11) is 1.99. The number of aryl methyl sites for hydroxylation is 1. The van der Waals surface area contributed by atoms with Crippen LogP contribution in [0.5, 0.6) is 0 Å². The first kappa shape index (κ1) is 10.2. The monoisotopic (exact) mass is 204 g/mol. The molecule has 3 nitrogen and oxygen atoms in total. The molecule has 1 aromatic carbocycles. The minimum Gasteiger partial charge on any atom is -0.388 e. The molecule has 1 heterocycles. The van der Waals surface area contributed by atoms with Crippen LogP contribution in [0, 0.1) is 0 Å². The van der Waals surface area contributed by atoms with Crippen molar-refractivity contribution in [2.75, 3.05) is 6.54 Å². The van der Waals surface area contributed by atoms with Crippen molar-refractivity contribution in [3.05, 3.63) is 36.0 Å². The zero-order chi connectivity index (χ0) is 10.8. The van der Waals surface area contributed by atoms with Crippen LogP contribution in [0.3, 0.4) is 0 Å². The number of hydrogen-bond donors (Lipinski definition) is 2. The van der Waals surface area contributed by atoms with Crippen molar-refractivity contribution in [2.24, 2.45) is 12.8 Å². The maximum atomic E-state index is 9.94. The molecule has 2 aromatic rings. The van der Waals surface area contributed by atoms with Crippen LogP contribution in [-0.2, 0) is 7.05 Å². The Morgan fingerprint density at radius 1 is 1.40 bits per heavy atom. The summed E-state index contributed by atoms with van der Waals surface area (Å²) in [6, 6.07) is 8.07. The summed E-state index contributed by atoms with van der Waals surface area (Å²) >= 11 is 0. The van der Waals surface area contributed by atoms with Gasteiger partial charge in [-0.3, -0.25) is 0 Å². The molecule has 1 atom stereocenters. The summed E-state index contributed by atoms with van der Waals surface area (Å²) in [5.41, 5.74) is 7.56. The Kier molecular flexibility index (Phi) is 2.75. The number of rotatable bonds is 3. The number of nitrogens with zero attached hydrogens (tertiary/aromatic N) is 1. The van der Waals surface area contributed by atoms with Crippen LogP contribution in [0.4, 0.5) is 0 Å². The molecule has 80 valence electrons. The SMILES string of the molecule is Cn1cc(C(O)CCN)c2ccccc21. The summed E-state index contributed by atoms with van der Waals surface area (Å²) in [4.78, 5) is 0. The van der Waals surface area contributed by atoms with Crippen LogP contribution < -0.4 is 5.73 Å². The van der Waals surface area contributed by atoms with Crippen molar-refractivity contribution < 1.29 is 5.11 Å². The van der Waals surface area contributed by atoms with E-state index in [0.717, 1.165) is 16.5 Å². The number of benzene rings is 1. The summed E-state index contributed by atoms with van der Waals surface area (Å²) in [5, 5.41) is 11.1. The van der Waals surface area contributed by atoms with E-state index in [-0.39, 0.29) is 0 Å². The minimum atomic E-state index is -0.457. The predicted octanol–water partition coefficient (Wildman–Crippen LogP) is 1.56. The average Bonchev–Trinajstić information content (AvgIpc) is 2.58. The van der Waals surface area contributed by atoms with Crippen LogP contribution in [0.2, 0.25) is 0 Å². The molecule has 0 radical (unpaired) electrons. The topological polar surface area (TPSA) is 51.2 Å². The number of hydrogen-bond acceptors (Lipinski definition) is 2. The van der Waals surface area contributed by atoms with E-state index >= 15 is 0 Å². The van der Waals surface area contributed by atoms with Gasteiger partial charge in [-0.15, -0.1) is 0 Å². The molecule has 1 unspecified atom stereocenters. The maximum absolute atomic E-state index is 9.94. The van der Waals surface area contributed by atoms with Gasteiger partial charge in [-0.2, -0.15) is 0 Å². The van der Waals surface area contributed by atoms with Gasteiger partial charge in [0.25, 0.3) is 0 Å². The highest BCUT2D eigenvalue weighted by atomic mass is 16.3. The number of para-hydroxylation sites is 1. The molecule has 0 fully saturated rings. The number of aromatic nitrogens is 1. The molecule has 0 aliphatic rings. The zero-order valence-electron chi connectivity index (χ0n) is 8.85. The fraction of sp³-hybridized carbons (Fsp3) is 0.333. The lowest BCUT2D eigenvalue weighted by Crippen LogP contribution is -2.06. The van der Waals surface area contributed by atoms with Crippen molar-refractivity contribution in [1.29, 1.82) is 0 Å². The second-order valence-electron chi connectivity index (χ2n) is 3.81. The van der Waals surface area contributed by atoms with Gasteiger partial charge in [0.15, 0.2) is 0 Å². The Hall–Kier alpha value is -1.32. The highest BCUT2D eigenvalue weighted by Crippen LogP contribution is 2.27. The van der Waals surface area contributed by atoms with Gasteiger partial charge in [0, 0.05) is 29.7 Å². The smallest absolute Gasteiger partial charge is 0.0822 e. The largest absolute Gasteiger partial charge is 0.388 e. The molecule has 0 amide bonds. The van der Waals surface area contributed by atoms with Crippen LogP contribution in [0.1, 0.15) is 18.1 Å². The van der Waals surface area contributed by atoms with E-state index < -0.39 is 6.10 Å². The fourth-order valence-electron chi connectivity index (χ4n) is 1.95. The van der Waals surface area contributed by atoms with Crippen molar-refractivity contribution in [1.82, 2.24) is 4.57 Å². The molecule has 15 heavy (non-hydrogen) atoms. The van der Waals surface area contributed by atoms with Crippen LogP contribution in [0.15, 0.2) is 30.5 Å². The minimum absolute atomic E-state index is 0.457. The first-order valence-corrected chi connectivity index (χ1v) is 5.16. The summed E-state index contributed by atoms with van der Waals surface area (Å²) in [6.07, 6.45) is 2.13. The van der Waals surface area contributed by atoms with Gasteiger partial charge in [0.1, 0.15) is 0 Å². The zero-order valence-corrected chi connectivity index (χ0v) is 8.85. The van der Waals surface area contributed by atoms with Gasteiger partial charge in [-0.1, -0.05) is 18.2 Å². The van der Waals surface area contributed by atoms with Crippen molar-refractivity contribution in [3.8, 4) is 0 Å². The number of aliphatic hydroxyl groups excluding tert-OH is 1. The Morgan fingerprint density at radius 3 is 2.87 bits per heavy atom. The number of fused-ring (bicyclic) bond motifs is 1. The van der Waals surface area contributed by atoms with Crippen LogP contribution >= 0.6 is 0 Å². The van der Waals surface area contributed by atoms with E-state index in [0.29, 0.717) is 13.0 Å². The molecule has 0 aliphatic carbocycles. The molecular weight excluding hydrogens is 188 g/mol. The fourth-order valence-corrected chi connectivity index (χ4v) is 1.95. The second kappa shape index (κ2) is 4.04. The molecule has 1 aromatic heterocycles. The molecule has 0 spiro atoms. The van der Waals surface area contributed by atoms with Gasteiger partial charge < -0.3 is 15.4 Å². The van der Waals surface area contributed by atoms with Gasteiger partial charge in [-0.25, -0.2) is 0 Å². The van der Waals surface area contributed by atoms with Crippen molar-refractivity contribution in [2.45, 2.75) is 12.5 Å². The Labute approximate surface area is 89.1 Å². The summed E-state index contributed by atoms with van der Waals surface area (Å²) in [5.74, 6) is 0. The average molecular weight is 204 g/mol. The van der Waals surface area contributed by atoms with Crippen LogP contribution in [-0.4, -0.2) is 16.2 Å². The Morgan fingerprint density at radius 2 is 2.13 bits per heavy atom. The maximum Gasteiger partial charge on any atom is 0.0822 e. The van der Waals surface area contributed by atoms with Gasteiger partial charge in [0.05, 0.1) is 6.10 Å². The first-order valence-electron chi connectivity index (χ1n) is 5.16. The third-order valence-electron chi connectivity index (χ3n) is 2.73. The molecular formula is C12H16N2O. The van der Waals surface area contributed by atoms with E-state index in [1.165, 1.54) is 0 Å². The molecule has 0 bridgehead atoms. The lowest BCUT2D eigenvalue weighted by Gasteiger charge is -2.07. The molecule has 0 aliphatic heterocycles. The standard InChI is InChI=1S/C12H16N2O/c1-14-8-10(12(15)6-7-13)9-4-2-3-5-11(9)14/h2-5,8,12,15H,6-7,13H2,1H3. The third-order valence-corrected chi connectivity index (χ3v) is 2.73. The van der Waals surface area contributed by atoms with E-state index in [9.17, 15) is 5.11 Å².